The molecule has 168 valence electrons. The highest BCUT2D eigenvalue weighted by molar-refractivity contribution is 6.31. The van der Waals surface area contributed by atoms with Crippen LogP contribution in [0.3, 0.4) is 0 Å². The maximum absolute atomic E-state index is 13.3. The van der Waals surface area contributed by atoms with Crippen molar-refractivity contribution in [2.75, 3.05) is 25.4 Å². The van der Waals surface area contributed by atoms with Gasteiger partial charge in [-0.1, -0.05) is 23.7 Å². The summed E-state index contributed by atoms with van der Waals surface area (Å²) >= 11 is 6.25. The number of nitrogens with zero attached hydrogens (tertiary/aromatic N) is 1. The van der Waals surface area contributed by atoms with E-state index in [0.29, 0.717) is 29.1 Å². The largest absolute Gasteiger partial charge is 0.398 e. The van der Waals surface area contributed by atoms with Crippen molar-refractivity contribution in [2.24, 2.45) is 0 Å². The van der Waals surface area contributed by atoms with E-state index in [1.165, 1.54) is 12.1 Å². The Kier molecular flexibility index (Phi) is 6.30. The molecular formula is C24H30ClFN2O3. The first-order valence-corrected chi connectivity index (χ1v) is 11.2. The number of nitrogens with two attached hydrogens (primary N) is 1. The number of likely N-dealkylation sites (tertiary alicyclic amines) is 1. The first-order chi connectivity index (χ1) is 14.7. The molecule has 0 radical (unpaired) electrons. The third-order valence-corrected chi connectivity index (χ3v) is 6.93. The van der Waals surface area contributed by atoms with Gasteiger partial charge in [0.2, 0.25) is 0 Å². The molecule has 2 fully saturated rings. The minimum Gasteiger partial charge on any atom is -0.398 e. The number of piperidine rings is 1. The van der Waals surface area contributed by atoms with Gasteiger partial charge in [0.15, 0.2) is 12.1 Å². The second-order valence-electron chi connectivity index (χ2n) is 8.82. The number of hydrogen-bond donors (Lipinski definition) is 2. The van der Waals surface area contributed by atoms with Crippen molar-refractivity contribution in [3.63, 3.8) is 0 Å². The summed E-state index contributed by atoms with van der Waals surface area (Å²) in [6.07, 6.45) is 2.78. The highest BCUT2D eigenvalue weighted by Gasteiger charge is 2.45. The molecule has 0 atom stereocenters. The molecule has 31 heavy (non-hydrogen) atoms. The quantitative estimate of drug-likeness (QED) is 0.628. The first kappa shape index (κ1) is 22.5. The average Bonchev–Trinajstić information content (AvgIpc) is 2.70. The summed E-state index contributed by atoms with van der Waals surface area (Å²) in [5.41, 5.74) is 7.99. The van der Waals surface area contributed by atoms with Crippen molar-refractivity contribution in [2.45, 2.75) is 57.2 Å². The summed E-state index contributed by atoms with van der Waals surface area (Å²) in [6, 6.07) is 10.1. The summed E-state index contributed by atoms with van der Waals surface area (Å²) in [7, 11) is 0. The number of aryl methyl sites for hydroxylation is 1. The van der Waals surface area contributed by atoms with Gasteiger partial charge in [0.1, 0.15) is 5.82 Å². The molecule has 0 spiro atoms. The lowest BCUT2D eigenvalue weighted by Crippen LogP contribution is -2.49. The molecular weight excluding hydrogens is 419 g/mol. The van der Waals surface area contributed by atoms with E-state index in [2.05, 4.69) is 4.90 Å². The van der Waals surface area contributed by atoms with E-state index < -0.39 is 11.4 Å². The average molecular weight is 449 g/mol. The van der Waals surface area contributed by atoms with Crippen LogP contribution in [0.4, 0.5) is 10.1 Å². The van der Waals surface area contributed by atoms with Crippen LogP contribution in [0.5, 0.6) is 0 Å². The first-order valence-electron chi connectivity index (χ1n) is 10.8. The highest BCUT2D eigenvalue weighted by atomic mass is 35.5. The lowest BCUT2D eigenvalue weighted by Gasteiger charge is -2.46. The summed E-state index contributed by atoms with van der Waals surface area (Å²) in [5.74, 6) is -1.29. The Labute approximate surface area is 187 Å². The van der Waals surface area contributed by atoms with E-state index in [9.17, 15) is 9.50 Å². The monoisotopic (exact) mass is 448 g/mol. The van der Waals surface area contributed by atoms with Gasteiger partial charge in [0.25, 0.3) is 0 Å². The second-order valence-corrected chi connectivity index (χ2v) is 9.23. The van der Waals surface area contributed by atoms with Crippen molar-refractivity contribution in [3.8, 4) is 0 Å². The van der Waals surface area contributed by atoms with Crippen molar-refractivity contribution in [3.05, 3.63) is 63.9 Å². The van der Waals surface area contributed by atoms with Gasteiger partial charge in [-0.25, -0.2) is 4.39 Å². The maximum Gasteiger partial charge on any atom is 0.199 e. The minimum absolute atomic E-state index is 0.286. The van der Waals surface area contributed by atoms with Crippen molar-refractivity contribution < 1.29 is 19.0 Å². The number of anilines is 1. The fraction of sp³-hybridized carbons (Fsp3) is 0.500. The summed E-state index contributed by atoms with van der Waals surface area (Å²) in [4.78, 5) is 2.36. The van der Waals surface area contributed by atoms with E-state index in [1.807, 2.05) is 25.1 Å². The van der Waals surface area contributed by atoms with Gasteiger partial charge in [-0.2, -0.15) is 0 Å². The van der Waals surface area contributed by atoms with E-state index in [-0.39, 0.29) is 12.1 Å². The fourth-order valence-electron chi connectivity index (χ4n) is 4.50. The molecule has 2 aliphatic heterocycles. The predicted molar refractivity (Wildman–Crippen MR) is 119 cm³/mol. The molecule has 0 amide bonds. The second kappa shape index (κ2) is 8.68. The Bertz CT molecular complexity index is 940. The van der Waals surface area contributed by atoms with Gasteiger partial charge in [-0.3, -0.25) is 0 Å². The van der Waals surface area contributed by atoms with Crippen molar-refractivity contribution in [1.29, 1.82) is 0 Å². The number of aliphatic hydroxyl groups is 1. The molecule has 0 aliphatic carbocycles. The normalized spacial score (nSPS) is 25.9. The minimum atomic E-state index is -0.917. The zero-order valence-electron chi connectivity index (χ0n) is 18.0. The van der Waals surface area contributed by atoms with Crippen LogP contribution in [0, 0.1) is 12.7 Å². The van der Waals surface area contributed by atoms with Crippen LogP contribution >= 0.6 is 11.6 Å². The maximum atomic E-state index is 13.3. The van der Waals surface area contributed by atoms with Crippen LogP contribution in [-0.4, -0.2) is 35.9 Å². The van der Waals surface area contributed by atoms with Crippen LogP contribution in [0.1, 0.15) is 49.3 Å². The summed E-state index contributed by atoms with van der Waals surface area (Å²) < 4.78 is 25.1. The summed E-state index contributed by atoms with van der Waals surface area (Å²) in [5, 5.41) is 11.8. The van der Waals surface area contributed by atoms with E-state index in [1.54, 1.807) is 13.0 Å². The van der Waals surface area contributed by atoms with E-state index >= 15 is 0 Å². The van der Waals surface area contributed by atoms with Gasteiger partial charge in [0.05, 0.1) is 5.60 Å². The summed E-state index contributed by atoms with van der Waals surface area (Å²) in [6.45, 7) is 6.35. The lowest BCUT2D eigenvalue weighted by molar-refractivity contribution is -0.455. The van der Waals surface area contributed by atoms with E-state index in [0.717, 1.165) is 43.6 Å². The van der Waals surface area contributed by atoms with Crippen molar-refractivity contribution >= 4 is 17.3 Å². The predicted octanol–water partition coefficient (Wildman–Crippen LogP) is 4.68. The van der Waals surface area contributed by atoms with Crippen LogP contribution in [-0.2, 0) is 20.9 Å². The molecule has 7 heteroatoms. The standard InChI is InChI=1S/C24H30ClFN2O3/c1-16-5-6-17(14-20(16)25)24(29)9-12-28(13-10-24)11-3-4-22-30-23(2,31-22)19-8-7-18(26)15-21(19)27/h5-8,14-15,22,29H,3-4,9-13,27H2,1-2H3. The molecule has 0 bridgehead atoms. The molecule has 0 aromatic heterocycles. The highest BCUT2D eigenvalue weighted by Crippen LogP contribution is 2.42. The van der Waals surface area contributed by atoms with Gasteiger partial charge in [-0.15, -0.1) is 0 Å². The van der Waals surface area contributed by atoms with Crippen LogP contribution in [0.15, 0.2) is 36.4 Å². The van der Waals surface area contributed by atoms with Crippen LogP contribution in [0.25, 0.3) is 0 Å². The van der Waals surface area contributed by atoms with Crippen LogP contribution in [0.2, 0.25) is 5.02 Å². The molecule has 2 saturated heterocycles. The zero-order chi connectivity index (χ0) is 22.2. The van der Waals surface area contributed by atoms with Gasteiger partial charge >= 0.3 is 0 Å². The lowest BCUT2D eigenvalue weighted by atomic mass is 9.84. The van der Waals surface area contributed by atoms with Gasteiger partial charge in [0, 0.05) is 29.4 Å². The number of ether oxygens (including phenoxy) is 2. The third-order valence-electron chi connectivity index (χ3n) is 6.52. The van der Waals surface area contributed by atoms with E-state index in [4.69, 9.17) is 26.8 Å². The number of benzene rings is 2. The molecule has 0 saturated carbocycles. The Balaban J connectivity index is 1.21. The zero-order valence-corrected chi connectivity index (χ0v) is 18.8. The third kappa shape index (κ3) is 4.73. The number of hydrogen-bond acceptors (Lipinski definition) is 5. The van der Waals surface area contributed by atoms with Crippen molar-refractivity contribution in [1.82, 2.24) is 4.90 Å². The molecule has 2 aliphatic rings. The molecule has 2 heterocycles. The van der Waals surface area contributed by atoms with Crippen LogP contribution < -0.4 is 5.73 Å². The molecule has 0 unspecified atom stereocenters. The Morgan fingerprint density at radius 3 is 2.55 bits per heavy atom. The molecule has 4 rings (SSSR count). The Hall–Kier alpha value is -1.70. The number of nitrogen functional groups attached to an aromatic ring is 1. The topological polar surface area (TPSA) is 68.0 Å². The molecule has 5 nitrogen and oxygen atoms in total. The Morgan fingerprint density at radius 2 is 1.90 bits per heavy atom. The number of halogens is 2. The smallest absolute Gasteiger partial charge is 0.199 e. The number of rotatable bonds is 6. The fourth-order valence-corrected chi connectivity index (χ4v) is 4.68. The molecule has 2 aromatic rings. The molecule has 3 N–H and O–H groups in total. The molecule has 2 aromatic carbocycles. The SMILES string of the molecule is Cc1ccc(C2(O)CCN(CCCC3OC(C)(c4ccc(F)cc4N)O3)CC2)cc1Cl. The van der Waals surface area contributed by atoms with Gasteiger partial charge < -0.3 is 25.2 Å². The Morgan fingerprint density at radius 1 is 1.19 bits per heavy atom. The van der Waals surface area contributed by atoms with Gasteiger partial charge in [-0.05, 0) is 81.5 Å².